The third-order valence-electron chi connectivity index (χ3n) is 7.20. The van der Waals surface area contributed by atoms with E-state index >= 15 is 0 Å². The van der Waals surface area contributed by atoms with Gasteiger partial charge in [-0.2, -0.15) is 0 Å². The lowest BCUT2D eigenvalue weighted by molar-refractivity contribution is 0.0301. The van der Waals surface area contributed by atoms with Gasteiger partial charge in [-0.15, -0.1) is 0 Å². The number of fused-ring (bicyclic) bond motifs is 1. The number of morpholine rings is 1. The van der Waals surface area contributed by atoms with Crippen LogP contribution in [0.3, 0.4) is 0 Å². The van der Waals surface area contributed by atoms with E-state index in [1.807, 2.05) is 17.9 Å². The molecule has 1 aromatic carbocycles. The monoisotopic (exact) mass is 448 g/mol. The molecule has 0 saturated carbocycles. The summed E-state index contributed by atoms with van der Waals surface area (Å²) in [5.74, 6) is 0.889. The molecule has 1 aliphatic carbocycles. The lowest BCUT2D eigenvalue weighted by Crippen LogP contribution is -2.41. The molecule has 2 fully saturated rings. The van der Waals surface area contributed by atoms with Crippen LogP contribution in [-0.4, -0.2) is 71.0 Å². The molecule has 0 radical (unpaired) electrons. The summed E-state index contributed by atoms with van der Waals surface area (Å²) in [6.45, 7) is 5.59. The lowest BCUT2D eigenvalue weighted by atomic mass is 9.90. The maximum atomic E-state index is 13.3. The van der Waals surface area contributed by atoms with Gasteiger partial charge in [-0.25, -0.2) is 9.97 Å². The van der Waals surface area contributed by atoms with Crippen LogP contribution >= 0.6 is 0 Å². The van der Waals surface area contributed by atoms with Gasteiger partial charge >= 0.3 is 0 Å². The second kappa shape index (κ2) is 9.59. The van der Waals surface area contributed by atoms with Gasteiger partial charge in [0.05, 0.1) is 24.5 Å². The van der Waals surface area contributed by atoms with E-state index in [0.29, 0.717) is 44.1 Å². The van der Waals surface area contributed by atoms with E-state index in [4.69, 9.17) is 9.72 Å². The second-order valence-corrected chi connectivity index (χ2v) is 9.41. The Labute approximate surface area is 195 Å². The molecule has 3 aliphatic rings. The second-order valence-electron chi connectivity index (χ2n) is 9.41. The van der Waals surface area contributed by atoms with Crippen molar-refractivity contribution in [1.29, 1.82) is 0 Å². The number of piperidine rings is 1. The van der Waals surface area contributed by atoms with Crippen molar-refractivity contribution in [3.8, 4) is 0 Å². The molecule has 5 rings (SSSR count). The van der Waals surface area contributed by atoms with Gasteiger partial charge in [-0.1, -0.05) is 6.07 Å². The Bertz CT molecular complexity index is 1050. The number of carbonyl (C=O) groups excluding carboxylic acids is 2. The van der Waals surface area contributed by atoms with Gasteiger partial charge in [0, 0.05) is 43.9 Å². The molecule has 2 saturated heterocycles. The van der Waals surface area contributed by atoms with Crippen molar-refractivity contribution in [2.45, 2.75) is 51.4 Å². The van der Waals surface area contributed by atoms with Gasteiger partial charge in [0.25, 0.3) is 11.8 Å². The smallest absolute Gasteiger partial charge is 0.257 e. The van der Waals surface area contributed by atoms with Crippen LogP contribution < -0.4 is 0 Å². The summed E-state index contributed by atoms with van der Waals surface area (Å²) >= 11 is 0. The molecule has 0 unspecified atom stereocenters. The number of hydrogen-bond donors (Lipinski definition) is 0. The lowest BCUT2D eigenvalue weighted by Gasteiger charge is -2.32. The van der Waals surface area contributed by atoms with Crippen LogP contribution in [0.5, 0.6) is 0 Å². The van der Waals surface area contributed by atoms with E-state index in [9.17, 15) is 9.59 Å². The molecule has 0 bridgehead atoms. The highest BCUT2D eigenvalue weighted by Crippen LogP contribution is 2.28. The summed E-state index contributed by atoms with van der Waals surface area (Å²) < 4.78 is 5.35. The van der Waals surface area contributed by atoms with Crippen molar-refractivity contribution in [3.63, 3.8) is 0 Å². The number of benzene rings is 1. The zero-order chi connectivity index (χ0) is 22.8. The molecule has 1 aromatic heterocycles. The number of rotatable bonds is 3. The Balaban J connectivity index is 1.29. The summed E-state index contributed by atoms with van der Waals surface area (Å²) in [7, 11) is 0. The molecule has 2 aliphatic heterocycles. The van der Waals surface area contributed by atoms with E-state index in [1.165, 1.54) is 24.0 Å². The first-order chi connectivity index (χ1) is 16.1. The number of hydrogen-bond acceptors (Lipinski definition) is 5. The first-order valence-corrected chi connectivity index (χ1v) is 12.2. The first kappa shape index (κ1) is 22.0. The third kappa shape index (κ3) is 4.64. The predicted octanol–water partition coefficient (Wildman–Crippen LogP) is 3.16. The van der Waals surface area contributed by atoms with Crippen molar-refractivity contribution in [2.75, 3.05) is 39.4 Å². The van der Waals surface area contributed by atoms with Crippen LogP contribution in [-0.2, 0) is 17.6 Å². The van der Waals surface area contributed by atoms with Crippen molar-refractivity contribution in [3.05, 3.63) is 58.2 Å². The molecule has 2 aromatic rings. The van der Waals surface area contributed by atoms with Gasteiger partial charge < -0.3 is 14.5 Å². The normalized spacial score (nSPS) is 20.9. The number of carbonyl (C=O) groups is 2. The molecule has 174 valence electrons. The fourth-order valence-corrected chi connectivity index (χ4v) is 5.25. The van der Waals surface area contributed by atoms with Crippen molar-refractivity contribution >= 4 is 11.8 Å². The quantitative estimate of drug-likeness (QED) is 0.721. The number of amides is 2. The summed E-state index contributed by atoms with van der Waals surface area (Å²) in [4.78, 5) is 39.2. The van der Waals surface area contributed by atoms with Crippen molar-refractivity contribution in [1.82, 2.24) is 19.8 Å². The SMILES string of the molecule is Cc1nc([C@H]2CCCN(C(=O)c3ccc4c(c3)CCCC4)C2)ncc1C(=O)N1CCOCC1. The number of likely N-dealkylation sites (tertiary alicyclic amines) is 1. The number of nitrogens with zero attached hydrogens (tertiary/aromatic N) is 4. The molecule has 2 amide bonds. The first-order valence-electron chi connectivity index (χ1n) is 12.2. The largest absolute Gasteiger partial charge is 0.378 e. The van der Waals surface area contributed by atoms with Gasteiger partial charge in [-0.05, 0) is 68.7 Å². The van der Waals surface area contributed by atoms with Crippen LogP contribution in [0.2, 0.25) is 0 Å². The highest BCUT2D eigenvalue weighted by molar-refractivity contribution is 5.95. The van der Waals surface area contributed by atoms with Gasteiger partial charge in [-0.3, -0.25) is 9.59 Å². The fourth-order valence-electron chi connectivity index (χ4n) is 5.25. The zero-order valence-electron chi connectivity index (χ0n) is 19.4. The molecular weight excluding hydrogens is 416 g/mol. The van der Waals surface area contributed by atoms with Crippen LogP contribution in [0.4, 0.5) is 0 Å². The highest BCUT2D eigenvalue weighted by atomic mass is 16.5. The molecule has 0 spiro atoms. The van der Waals surface area contributed by atoms with E-state index in [0.717, 1.165) is 43.6 Å². The summed E-state index contributed by atoms with van der Waals surface area (Å²) in [5.41, 5.74) is 4.78. The van der Waals surface area contributed by atoms with Gasteiger partial charge in [0.2, 0.25) is 0 Å². The van der Waals surface area contributed by atoms with E-state index in [1.54, 1.807) is 11.1 Å². The Morgan fingerprint density at radius 1 is 0.970 bits per heavy atom. The summed E-state index contributed by atoms with van der Waals surface area (Å²) in [6, 6.07) is 6.23. The average molecular weight is 449 g/mol. The fraction of sp³-hybridized carbons (Fsp3) is 0.538. The predicted molar refractivity (Wildman–Crippen MR) is 124 cm³/mol. The van der Waals surface area contributed by atoms with Crippen molar-refractivity contribution < 1.29 is 14.3 Å². The molecular formula is C26H32N4O3. The topological polar surface area (TPSA) is 75.6 Å². The zero-order valence-corrected chi connectivity index (χ0v) is 19.4. The van der Waals surface area contributed by atoms with Crippen LogP contribution in [0.15, 0.2) is 24.4 Å². The maximum absolute atomic E-state index is 13.3. The van der Waals surface area contributed by atoms with Crippen LogP contribution in [0, 0.1) is 6.92 Å². The molecule has 7 nitrogen and oxygen atoms in total. The third-order valence-corrected chi connectivity index (χ3v) is 7.20. The van der Waals surface area contributed by atoms with Gasteiger partial charge in [0.15, 0.2) is 0 Å². The molecule has 33 heavy (non-hydrogen) atoms. The Morgan fingerprint density at radius 2 is 1.76 bits per heavy atom. The number of aromatic nitrogens is 2. The standard InChI is InChI=1S/C26H32N4O3/c1-18-23(26(32)29-11-13-33-14-12-29)16-27-24(28-18)22-7-4-10-30(17-22)25(31)21-9-8-19-5-2-3-6-20(19)15-21/h8-9,15-16,22H,2-7,10-14,17H2,1H3/t22-/m0/s1. The minimum absolute atomic E-state index is 0.0322. The number of aryl methyl sites for hydroxylation is 3. The summed E-state index contributed by atoms with van der Waals surface area (Å²) in [5, 5.41) is 0. The van der Waals surface area contributed by atoms with Crippen LogP contribution in [0.25, 0.3) is 0 Å². The Kier molecular flexibility index (Phi) is 6.40. The van der Waals surface area contributed by atoms with E-state index in [2.05, 4.69) is 17.1 Å². The average Bonchev–Trinajstić information content (AvgIpc) is 2.88. The van der Waals surface area contributed by atoms with Crippen LogP contribution in [0.1, 0.15) is 75.0 Å². The number of ether oxygens (including phenoxy) is 1. The van der Waals surface area contributed by atoms with E-state index < -0.39 is 0 Å². The minimum atomic E-state index is -0.0322. The minimum Gasteiger partial charge on any atom is -0.378 e. The maximum Gasteiger partial charge on any atom is 0.257 e. The molecule has 7 heteroatoms. The van der Waals surface area contributed by atoms with Crippen molar-refractivity contribution in [2.24, 2.45) is 0 Å². The highest BCUT2D eigenvalue weighted by Gasteiger charge is 2.29. The Hall–Kier alpha value is -2.80. The molecule has 0 N–H and O–H groups in total. The van der Waals surface area contributed by atoms with Gasteiger partial charge in [0.1, 0.15) is 5.82 Å². The molecule has 3 heterocycles. The van der Waals surface area contributed by atoms with E-state index in [-0.39, 0.29) is 17.7 Å². The molecule has 1 atom stereocenters. The summed E-state index contributed by atoms with van der Waals surface area (Å²) in [6.07, 6.45) is 8.18. The Morgan fingerprint density at radius 3 is 2.55 bits per heavy atom.